The van der Waals surface area contributed by atoms with Gasteiger partial charge >= 0.3 is 11.9 Å². The SMILES string of the molecule is CCOC(=O)c1ccc2[nH]cc(C(c3c[nH]c4ccc(C(=O)OCC)cc34)C(C)N(C)C)c2c1. The molecule has 0 fully saturated rings. The molecule has 4 aromatic rings. The van der Waals surface area contributed by atoms with Crippen molar-refractivity contribution < 1.29 is 19.1 Å². The van der Waals surface area contributed by atoms with Gasteiger partial charge in [-0.1, -0.05) is 0 Å². The predicted molar refractivity (Wildman–Crippen MR) is 134 cm³/mol. The Bertz CT molecular complexity index is 1240. The van der Waals surface area contributed by atoms with Crippen molar-refractivity contribution in [2.24, 2.45) is 0 Å². The highest BCUT2D eigenvalue weighted by Crippen LogP contribution is 2.39. The summed E-state index contributed by atoms with van der Waals surface area (Å²) in [6, 6.07) is 11.3. The van der Waals surface area contributed by atoms with Crippen LogP contribution in [0, 0.1) is 0 Å². The van der Waals surface area contributed by atoms with Crippen LogP contribution in [-0.2, 0) is 9.47 Å². The number of H-pyrrole nitrogens is 2. The summed E-state index contributed by atoms with van der Waals surface area (Å²) in [7, 11) is 4.10. The summed E-state index contributed by atoms with van der Waals surface area (Å²) >= 11 is 0. The largest absolute Gasteiger partial charge is 0.462 e. The molecular formula is C27H31N3O4. The van der Waals surface area contributed by atoms with Crippen LogP contribution in [0.2, 0.25) is 0 Å². The Hall–Kier alpha value is -3.58. The number of likely N-dealkylation sites (N-methyl/N-ethyl adjacent to an activating group) is 1. The molecule has 178 valence electrons. The number of rotatable bonds is 8. The number of carbonyl (C=O) groups excluding carboxylic acids is 2. The topological polar surface area (TPSA) is 87.4 Å². The van der Waals surface area contributed by atoms with Crippen LogP contribution in [0.4, 0.5) is 0 Å². The molecule has 0 aliphatic carbocycles. The number of esters is 2. The van der Waals surface area contributed by atoms with Crippen LogP contribution in [-0.4, -0.2) is 60.2 Å². The first-order valence-corrected chi connectivity index (χ1v) is 11.6. The van der Waals surface area contributed by atoms with Crippen LogP contribution < -0.4 is 0 Å². The standard InChI is InChI=1S/C27H31N3O4/c1-6-33-26(31)17-8-10-23-19(12-17)21(14-28-23)25(16(3)30(4)5)22-15-29-24-11-9-18(13-20(22)24)27(32)34-7-2/h8-16,25,28-29H,6-7H2,1-5H3. The molecule has 0 saturated heterocycles. The highest BCUT2D eigenvalue weighted by atomic mass is 16.5. The van der Waals surface area contributed by atoms with Crippen molar-refractivity contribution in [2.75, 3.05) is 27.3 Å². The molecule has 0 aliphatic rings. The molecule has 0 saturated carbocycles. The van der Waals surface area contributed by atoms with Gasteiger partial charge in [-0.25, -0.2) is 9.59 Å². The van der Waals surface area contributed by atoms with E-state index < -0.39 is 0 Å². The number of hydrogen-bond acceptors (Lipinski definition) is 5. The maximum Gasteiger partial charge on any atom is 0.338 e. The quantitative estimate of drug-likeness (QED) is 0.357. The zero-order valence-electron chi connectivity index (χ0n) is 20.3. The summed E-state index contributed by atoms with van der Waals surface area (Å²) in [5, 5.41) is 1.94. The normalized spacial score (nSPS) is 12.6. The predicted octanol–water partition coefficient (Wildman–Crippen LogP) is 5.08. The van der Waals surface area contributed by atoms with Crippen molar-refractivity contribution in [3.63, 3.8) is 0 Å². The van der Waals surface area contributed by atoms with E-state index in [-0.39, 0.29) is 23.9 Å². The van der Waals surface area contributed by atoms with Crippen LogP contribution in [0.3, 0.4) is 0 Å². The van der Waals surface area contributed by atoms with E-state index in [1.165, 1.54) is 0 Å². The second kappa shape index (κ2) is 9.73. The number of carbonyl (C=O) groups is 2. The Morgan fingerprint density at radius 1 is 0.824 bits per heavy atom. The molecule has 2 N–H and O–H groups in total. The minimum Gasteiger partial charge on any atom is -0.462 e. The summed E-state index contributed by atoms with van der Waals surface area (Å²) in [5.74, 6) is -0.702. The van der Waals surface area contributed by atoms with Crippen LogP contribution in [0.5, 0.6) is 0 Å². The monoisotopic (exact) mass is 461 g/mol. The van der Waals surface area contributed by atoms with E-state index in [2.05, 4.69) is 35.9 Å². The smallest absolute Gasteiger partial charge is 0.338 e. The number of nitrogens with zero attached hydrogens (tertiary/aromatic N) is 1. The van der Waals surface area contributed by atoms with E-state index in [1.807, 2.05) is 36.7 Å². The van der Waals surface area contributed by atoms with Crippen LogP contribution in [0.15, 0.2) is 48.8 Å². The number of hydrogen-bond donors (Lipinski definition) is 2. The third kappa shape index (κ3) is 4.31. The molecule has 1 atom stereocenters. The van der Waals surface area contributed by atoms with Crippen LogP contribution in [0.1, 0.15) is 58.5 Å². The van der Waals surface area contributed by atoms with Gasteiger partial charge in [-0.3, -0.25) is 0 Å². The molecule has 34 heavy (non-hydrogen) atoms. The second-order valence-corrected chi connectivity index (χ2v) is 8.63. The van der Waals surface area contributed by atoms with Gasteiger partial charge in [0.05, 0.1) is 24.3 Å². The van der Waals surface area contributed by atoms with Gasteiger partial charge in [-0.15, -0.1) is 0 Å². The van der Waals surface area contributed by atoms with Gasteiger partial charge in [0.25, 0.3) is 0 Å². The van der Waals surface area contributed by atoms with Gasteiger partial charge < -0.3 is 24.3 Å². The number of fused-ring (bicyclic) bond motifs is 2. The van der Waals surface area contributed by atoms with E-state index in [9.17, 15) is 9.59 Å². The molecular weight excluding hydrogens is 430 g/mol. The molecule has 7 nitrogen and oxygen atoms in total. The van der Waals surface area contributed by atoms with Crippen molar-refractivity contribution in [1.82, 2.24) is 14.9 Å². The Morgan fingerprint density at radius 3 is 1.65 bits per heavy atom. The Morgan fingerprint density at radius 2 is 1.26 bits per heavy atom. The number of ether oxygens (including phenoxy) is 2. The number of aromatic nitrogens is 2. The Kier molecular flexibility index (Phi) is 6.75. The fraction of sp³-hybridized carbons (Fsp3) is 0.333. The van der Waals surface area contributed by atoms with E-state index in [0.717, 1.165) is 32.9 Å². The molecule has 0 spiro atoms. The average Bonchev–Trinajstić information content (AvgIpc) is 3.43. The Balaban J connectivity index is 1.89. The molecule has 0 radical (unpaired) electrons. The third-order valence-corrected chi connectivity index (χ3v) is 6.42. The van der Waals surface area contributed by atoms with Crippen molar-refractivity contribution in [3.05, 3.63) is 71.0 Å². The van der Waals surface area contributed by atoms with E-state index >= 15 is 0 Å². The molecule has 0 aliphatic heterocycles. The minimum absolute atomic E-state index is 0.0348. The third-order valence-electron chi connectivity index (χ3n) is 6.42. The second-order valence-electron chi connectivity index (χ2n) is 8.63. The van der Waals surface area contributed by atoms with Crippen molar-refractivity contribution >= 4 is 33.7 Å². The fourth-order valence-corrected chi connectivity index (χ4v) is 4.47. The van der Waals surface area contributed by atoms with Crippen molar-refractivity contribution in [1.29, 1.82) is 0 Å². The minimum atomic E-state index is -0.333. The molecule has 2 heterocycles. The van der Waals surface area contributed by atoms with Gasteiger partial charge in [0, 0.05) is 46.2 Å². The molecule has 4 rings (SSSR count). The summed E-state index contributed by atoms with van der Waals surface area (Å²) in [4.78, 5) is 33.7. The van der Waals surface area contributed by atoms with E-state index in [4.69, 9.17) is 9.47 Å². The lowest BCUT2D eigenvalue weighted by Crippen LogP contribution is -2.31. The maximum atomic E-state index is 12.4. The highest BCUT2D eigenvalue weighted by molar-refractivity contribution is 5.98. The molecule has 7 heteroatoms. The highest BCUT2D eigenvalue weighted by Gasteiger charge is 2.28. The zero-order valence-corrected chi connectivity index (χ0v) is 20.3. The van der Waals surface area contributed by atoms with E-state index in [0.29, 0.717) is 24.3 Å². The molecule has 2 aromatic carbocycles. The van der Waals surface area contributed by atoms with E-state index in [1.54, 1.807) is 26.0 Å². The summed E-state index contributed by atoms with van der Waals surface area (Å²) in [6.45, 7) is 6.43. The van der Waals surface area contributed by atoms with Crippen LogP contribution >= 0.6 is 0 Å². The summed E-state index contributed by atoms with van der Waals surface area (Å²) in [5.41, 5.74) is 5.09. The van der Waals surface area contributed by atoms with Gasteiger partial charge in [0.2, 0.25) is 0 Å². The van der Waals surface area contributed by atoms with Gasteiger partial charge in [0.1, 0.15) is 0 Å². The number of nitrogens with one attached hydrogen (secondary N) is 2. The van der Waals surface area contributed by atoms with Gasteiger partial charge in [-0.05, 0) is 82.4 Å². The Labute approximate surface area is 199 Å². The summed E-state index contributed by atoms with van der Waals surface area (Å²) in [6.07, 6.45) is 4.02. The first kappa shape index (κ1) is 23.6. The van der Waals surface area contributed by atoms with Crippen LogP contribution in [0.25, 0.3) is 21.8 Å². The average molecular weight is 462 g/mol. The lowest BCUT2D eigenvalue weighted by Gasteiger charge is -2.29. The number of aromatic amines is 2. The van der Waals surface area contributed by atoms with Gasteiger partial charge in [-0.2, -0.15) is 0 Å². The van der Waals surface area contributed by atoms with Crippen molar-refractivity contribution in [3.8, 4) is 0 Å². The first-order chi connectivity index (χ1) is 16.3. The lowest BCUT2D eigenvalue weighted by atomic mass is 9.84. The lowest BCUT2D eigenvalue weighted by molar-refractivity contribution is 0.0517. The zero-order chi connectivity index (χ0) is 24.4. The fourth-order valence-electron chi connectivity index (χ4n) is 4.47. The molecule has 0 bridgehead atoms. The first-order valence-electron chi connectivity index (χ1n) is 11.6. The van der Waals surface area contributed by atoms with Crippen molar-refractivity contribution in [2.45, 2.75) is 32.7 Å². The molecule has 0 amide bonds. The maximum absolute atomic E-state index is 12.4. The molecule has 2 aromatic heterocycles. The summed E-state index contributed by atoms with van der Waals surface area (Å²) < 4.78 is 10.4. The van der Waals surface area contributed by atoms with Gasteiger partial charge in [0.15, 0.2) is 0 Å². The number of benzene rings is 2. The molecule has 1 unspecified atom stereocenters.